The van der Waals surface area contributed by atoms with Crippen LogP contribution in [0.15, 0.2) is 12.1 Å². The molecule has 5 heteroatoms. The fraction of sp³-hybridized carbons (Fsp3) is 0.667. The maximum absolute atomic E-state index is 14.2. The first-order chi connectivity index (χ1) is 11.0. The SMILES string of the molecule is CCCC1(c2cc(F)cc(NN)c2N)C(C)CCCC1CNC. The molecule has 3 unspecified atom stereocenters. The topological polar surface area (TPSA) is 76.1 Å². The molecule has 3 atom stereocenters. The zero-order valence-electron chi connectivity index (χ0n) is 14.6. The van der Waals surface area contributed by atoms with E-state index in [0.717, 1.165) is 37.8 Å². The minimum Gasteiger partial charge on any atom is -0.397 e. The second kappa shape index (κ2) is 7.49. The number of hydrogen-bond acceptors (Lipinski definition) is 4. The molecule has 1 aromatic rings. The molecule has 0 bridgehead atoms. The van der Waals surface area contributed by atoms with Crippen LogP contribution in [0.2, 0.25) is 0 Å². The van der Waals surface area contributed by atoms with Gasteiger partial charge in [-0.3, -0.25) is 5.84 Å². The third kappa shape index (κ3) is 3.17. The molecule has 6 N–H and O–H groups in total. The standard InChI is InChI=1S/C18H31FN4/c1-4-8-18(12(2)6-5-7-13(18)11-22-3)15-9-14(19)10-16(23-21)17(15)20/h9-10,12-13,22-23H,4-8,11,20-21H2,1-3H3. The Labute approximate surface area is 139 Å². The lowest BCUT2D eigenvalue weighted by atomic mass is 9.55. The maximum Gasteiger partial charge on any atom is 0.125 e. The third-order valence-electron chi connectivity index (χ3n) is 5.71. The van der Waals surface area contributed by atoms with Crippen LogP contribution in [-0.4, -0.2) is 13.6 Å². The van der Waals surface area contributed by atoms with Gasteiger partial charge in [-0.25, -0.2) is 4.39 Å². The summed E-state index contributed by atoms with van der Waals surface area (Å²) in [7, 11) is 1.98. The average Bonchev–Trinajstić information content (AvgIpc) is 2.53. The molecule has 0 aliphatic heterocycles. The largest absolute Gasteiger partial charge is 0.397 e. The van der Waals surface area contributed by atoms with Gasteiger partial charge >= 0.3 is 0 Å². The molecular weight excluding hydrogens is 291 g/mol. The van der Waals surface area contributed by atoms with Gasteiger partial charge in [0.2, 0.25) is 0 Å². The van der Waals surface area contributed by atoms with Gasteiger partial charge in [0.25, 0.3) is 0 Å². The Morgan fingerprint density at radius 2 is 2.09 bits per heavy atom. The van der Waals surface area contributed by atoms with E-state index in [-0.39, 0.29) is 11.2 Å². The minimum atomic E-state index is -0.279. The van der Waals surface area contributed by atoms with Crippen molar-refractivity contribution in [2.75, 3.05) is 24.8 Å². The van der Waals surface area contributed by atoms with Gasteiger partial charge < -0.3 is 16.5 Å². The van der Waals surface area contributed by atoms with E-state index in [2.05, 4.69) is 24.6 Å². The van der Waals surface area contributed by atoms with Crippen LogP contribution in [0.3, 0.4) is 0 Å². The van der Waals surface area contributed by atoms with E-state index in [9.17, 15) is 4.39 Å². The average molecular weight is 322 g/mol. The number of nitrogens with two attached hydrogens (primary N) is 2. The lowest BCUT2D eigenvalue weighted by Gasteiger charge is -2.50. The van der Waals surface area contributed by atoms with Crippen LogP contribution in [0.4, 0.5) is 15.8 Å². The second-order valence-corrected chi connectivity index (χ2v) is 6.94. The van der Waals surface area contributed by atoms with Crippen molar-refractivity contribution in [3.63, 3.8) is 0 Å². The summed E-state index contributed by atoms with van der Waals surface area (Å²) in [4.78, 5) is 0. The molecule has 0 saturated heterocycles. The molecule has 1 saturated carbocycles. The molecule has 1 aliphatic rings. The van der Waals surface area contributed by atoms with Crippen molar-refractivity contribution < 1.29 is 4.39 Å². The van der Waals surface area contributed by atoms with E-state index in [1.165, 1.54) is 12.5 Å². The Morgan fingerprint density at radius 1 is 1.35 bits per heavy atom. The van der Waals surface area contributed by atoms with Crippen molar-refractivity contribution in [1.29, 1.82) is 0 Å². The first kappa shape index (κ1) is 18.0. The molecule has 0 radical (unpaired) electrons. The highest BCUT2D eigenvalue weighted by atomic mass is 19.1. The van der Waals surface area contributed by atoms with E-state index in [0.29, 0.717) is 23.2 Å². The van der Waals surface area contributed by atoms with Crippen LogP contribution in [0.5, 0.6) is 0 Å². The van der Waals surface area contributed by atoms with Gasteiger partial charge in [0.1, 0.15) is 5.82 Å². The van der Waals surface area contributed by atoms with Crippen LogP contribution in [-0.2, 0) is 5.41 Å². The van der Waals surface area contributed by atoms with Crippen LogP contribution in [0.25, 0.3) is 0 Å². The summed E-state index contributed by atoms with van der Waals surface area (Å²) in [6, 6.07) is 3.01. The Morgan fingerprint density at radius 3 is 2.70 bits per heavy atom. The van der Waals surface area contributed by atoms with E-state index >= 15 is 0 Å². The Balaban J connectivity index is 2.65. The number of anilines is 2. The molecule has 23 heavy (non-hydrogen) atoms. The summed E-state index contributed by atoms with van der Waals surface area (Å²) in [5.41, 5.74) is 10.9. The van der Waals surface area contributed by atoms with Gasteiger partial charge in [0.05, 0.1) is 11.4 Å². The van der Waals surface area contributed by atoms with Gasteiger partial charge in [0, 0.05) is 11.5 Å². The number of benzene rings is 1. The highest BCUT2D eigenvalue weighted by molar-refractivity contribution is 5.71. The van der Waals surface area contributed by atoms with Gasteiger partial charge in [-0.15, -0.1) is 0 Å². The van der Waals surface area contributed by atoms with E-state index in [1.54, 1.807) is 6.07 Å². The van der Waals surface area contributed by atoms with Crippen LogP contribution < -0.4 is 22.3 Å². The Bertz CT molecular complexity index is 532. The first-order valence-electron chi connectivity index (χ1n) is 8.71. The molecule has 130 valence electrons. The normalized spacial score (nSPS) is 27.9. The van der Waals surface area contributed by atoms with Gasteiger partial charge in [-0.1, -0.05) is 26.7 Å². The monoisotopic (exact) mass is 322 g/mol. The summed E-state index contributed by atoms with van der Waals surface area (Å²) >= 11 is 0. The zero-order valence-corrected chi connectivity index (χ0v) is 14.6. The summed E-state index contributed by atoms with van der Waals surface area (Å²) in [6.45, 7) is 5.40. The van der Waals surface area contributed by atoms with Crippen LogP contribution in [0, 0.1) is 17.7 Å². The van der Waals surface area contributed by atoms with Crippen LogP contribution in [0.1, 0.15) is 51.5 Å². The molecule has 0 heterocycles. The van der Waals surface area contributed by atoms with E-state index < -0.39 is 0 Å². The highest BCUT2D eigenvalue weighted by Gasteiger charge is 2.47. The van der Waals surface area contributed by atoms with Crippen molar-refractivity contribution in [2.45, 2.75) is 51.4 Å². The summed E-state index contributed by atoms with van der Waals surface area (Å²) < 4.78 is 14.2. The number of nitrogens with one attached hydrogen (secondary N) is 2. The minimum absolute atomic E-state index is 0.103. The van der Waals surface area contributed by atoms with Crippen LogP contribution >= 0.6 is 0 Å². The number of hydrazine groups is 1. The molecule has 0 aromatic heterocycles. The molecule has 1 aliphatic carbocycles. The van der Waals surface area contributed by atoms with Crippen molar-refractivity contribution >= 4 is 11.4 Å². The smallest absolute Gasteiger partial charge is 0.125 e. The molecule has 4 nitrogen and oxygen atoms in total. The predicted molar refractivity (Wildman–Crippen MR) is 95.6 cm³/mol. The Hall–Kier alpha value is -1.33. The molecule has 0 amide bonds. The lowest BCUT2D eigenvalue weighted by molar-refractivity contribution is 0.104. The number of halogens is 1. The fourth-order valence-corrected chi connectivity index (χ4v) is 4.73. The fourth-order valence-electron chi connectivity index (χ4n) is 4.73. The molecule has 1 fully saturated rings. The number of rotatable bonds is 6. The summed E-state index contributed by atoms with van der Waals surface area (Å²) in [6.07, 6.45) is 5.58. The quantitative estimate of drug-likeness (QED) is 0.368. The van der Waals surface area contributed by atoms with Crippen molar-refractivity contribution in [2.24, 2.45) is 17.7 Å². The van der Waals surface area contributed by atoms with Crippen molar-refractivity contribution in [3.8, 4) is 0 Å². The van der Waals surface area contributed by atoms with Crippen molar-refractivity contribution in [1.82, 2.24) is 5.32 Å². The molecule has 0 spiro atoms. The highest BCUT2D eigenvalue weighted by Crippen LogP contribution is 2.53. The number of hydrogen-bond donors (Lipinski definition) is 4. The Kier molecular flexibility index (Phi) is 5.87. The first-order valence-corrected chi connectivity index (χ1v) is 8.71. The lowest BCUT2D eigenvalue weighted by Crippen LogP contribution is -2.48. The predicted octanol–water partition coefficient (Wildman–Crippen LogP) is 3.39. The van der Waals surface area contributed by atoms with Crippen molar-refractivity contribution in [3.05, 3.63) is 23.5 Å². The zero-order chi connectivity index (χ0) is 17.0. The van der Waals surface area contributed by atoms with Gasteiger partial charge in [-0.05, 0) is 56.3 Å². The summed E-state index contributed by atoms with van der Waals surface area (Å²) in [5, 5.41) is 3.33. The van der Waals surface area contributed by atoms with E-state index in [1.807, 2.05) is 7.05 Å². The molecule has 2 rings (SSSR count). The summed E-state index contributed by atoms with van der Waals surface area (Å²) in [5.74, 6) is 6.19. The van der Waals surface area contributed by atoms with Gasteiger partial charge in [-0.2, -0.15) is 0 Å². The molecular formula is C18H31FN4. The maximum atomic E-state index is 14.2. The van der Waals surface area contributed by atoms with Gasteiger partial charge in [0.15, 0.2) is 0 Å². The molecule has 1 aromatic carbocycles. The second-order valence-electron chi connectivity index (χ2n) is 6.94. The number of nitrogen functional groups attached to an aromatic ring is 2. The van der Waals surface area contributed by atoms with E-state index in [4.69, 9.17) is 11.6 Å². The third-order valence-corrected chi connectivity index (χ3v) is 5.71.